The lowest BCUT2D eigenvalue weighted by Gasteiger charge is -2.33. The molecule has 2 heterocycles. The highest BCUT2D eigenvalue weighted by atomic mass is 32.2. The van der Waals surface area contributed by atoms with Crippen molar-refractivity contribution in [1.82, 2.24) is 14.2 Å². The summed E-state index contributed by atoms with van der Waals surface area (Å²) in [6, 6.07) is 12.9. The Morgan fingerprint density at radius 1 is 1.12 bits per heavy atom. The van der Waals surface area contributed by atoms with Gasteiger partial charge in [-0.15, -0.1) is 0 Å². The standard InChI is InChI=1S/C23H24F2N4O4S/c1-16-13-17-5-4-8-20(22(17)26-14-16)34(31,32)29-11-9-28(10-12-29)15-21(30)27-18-6-2-3-7-19(18)33-23(24)25/h2-8,13-14,23H,9-12,15H2,1H3,(H,27,30). The van der Waals surface area contributed by atoms with Gasteiger partial charge in [0.2, 0.25) is 15.9 Å². The van der Waals surface area contributed by atoms with Crippen molar-refractivity contribution in [3.63, 3.8) is 0 Å². The van der Waals surface area contributed by atoms with Crippen molar-refractivity contribution in [2.75, 3.05) is 38.0 Å². The smallest absolute Gasteiger partial charge is 0.387 e. The first kappa shape index (κ1) is 24.0. The molecule has 0 saturated carbocycles. The van der Waals surface area contributed by atoms with E-state index in [2.05, 4.69) is 15.0 Å². The largest absolute Gasteiger partial charge is 0.433 e. The lowest BCUT2D eigenvalue weighted by Crippen LogP contribution is -2.50. The van der Waals surface area contributed by atoms with E-state index in [1.807, 2.05) is 24.0 Å². The summed E-state index contributed by atoms with van der Waals surface area (Å²) in [7, 11) is -3.76. The second-order valence-electron chi connectivity index (χ2n) is 7.94. The summed E-state index contributed by atoms with van der Waals surface area (Å²) >= 11 is 0. The number of nitrogens with zero attached hydrogens (tertiary/aromatic N) is 3. The van der Waals surface area contributed by atoms with Gasteiger partial charge in [-0.1, -0.05) is 24.3 Å². The number of fused-ring (bicyclic) bond motifs is 1. The SMILES string of the molecule is Cc1cnc2c(S(=O)(=O)N3CCN(CC(=O)Nc4ccccc4OC(F)F)CC3)cccc2c1. The van der Waals surface area contributed by atoms with Crippen LogP contribution in [0.4, 0.5) is 14.5 Å². The van der Waals surface area contributed by atoms with Gasteiger partial charge in [0.05, 0.1) is 17.7 Å². The topological polar surface area (TPSA) is 91.8 Å². The summed E-state index contributed by atoms with van der Waals surface area (Å²) in [5.41, 5.74) is 1.52. The molecule has 0 aliphatic carbocycles. The number of pyridine rings is 1. The third-order valence-electron chi connectivity index (χ3n) is 5.50. The van der Waals surface area contributed by atoms with Crippen LogP contribution >= 0.6 is 0 Å². The Labute approximate surface area is 196 Å². The number of aromatic nitrogens is 1. The number of sulfonamides is 1. The number of halogens is 2. The molecule has 11 heteroatoms. The van der Waals surface area contributed by atoms with Crippen LogP contribution in [0.2, 0.25) is 0 Å². The number of piperazine rings is 1. The van der Waals surface area contributed by atoms with Crippen molar-refractivity contribution in [2.45, 2.75) is 18.4 Å². The summed E-state index contributed by atoms with van der Waals surface area (Å²) in [5, 5.41) is 3.33. The second kappa shape index (κ2) is 10.00. The number of ether oxygens (including phenoxy) is 1. The van der Waals surface area contributed by atoms with E-state index >= 15 is 0 Å². The van der Waals surface area contributed by atoms with Crippen molar-refractivity contribution in [3.8, 4) is 5.75 Å². The van der Waals surface area contributed by atoms with Crippen LogP contribution in [0, 0.1) is 6.92 Å². The Balaban J connectivity index is 1.39. The minimum atomic E-state index is -3.76. The lowest BCUT2D eigenvalue weighted by atomic mass is 10.2. The number of carbonyl (C=O) groups is 1. The first-order valence-corrected chi connectivity index (χ1v) is 12.1. The zero-order valence-electron chi connectivity index (χ0n) is 18.4. The van der Waals surface area contributed by atoms with Gasteiger partial charge < -0.3 is 10.1 Å². The Morgan fingerprint density at radius 3 is 2.59 bits per heavy atom. The maximum atomic E-state index is 13.3. The third kappa shape index (κ3) is 5.32. The molecule has 1 aromatic heterocycles. The van der Waals surface area contributed by atoms with Crippen LogP contribution in [0.5, 0.6) is 5.75 Å². The molecule has 0 bridgehead atoms. The van der Waals surface area contributed by atoms with Gasteiger partial charge in [-0.2, -0.15) is 13.1 Å². The molecule has 3 aromatic rings. The van der Waals surface area contributed by atoms with E-state index in [0.717, 1.165) is 10.9 Å². The monoisotopic (exact) mass is 490 g/mol. The van der Waals surface area contributed by atoms with E-state index in [9.17, 15) is 22.0 Å². The zero-order chi connectivity index (χ0) is 24.3. The number of aryl methyl sites for hydroxylation is 1. The van der Waals surface area contributed by atoms with Gasteiger partial charge in [0.25, 0.3) is 0 Å². The molecule has 2 aromatic carbocycles. The van der Waals surface area contributed by atoms with E-state index in [1.165, 1.54) is 22.5 Å². The Hall–Kier alpha value is -3.15. The van der Waals surface area contributed by atoms with Crippen LogP contribution in [0.1, 0.15) is 5.56 Å². The average Bonchev–Trinajstić information content (AvgIpc) is 2.79. The van der Waals surface area contributed by atoms with Crippen molar-refractivity contribution in [1.29, 1.82) is 0 Å². The molecule has 1 aliphatic rings. The number of hydrogen-bond donors (Lipinski definition) is 1. The fraction of sp³-hybridized carbons (Fsp3) is 0.304. The molecule has 0 radical (unpaired) electrons. The molecule has 0 atom stereocenters. The highest BCUT2D eigenvalue weighted by molar-refractivity contribution is 7.89. The molecule has 1 amide bonds. The summed E-state index contributed by atoms with van der Waals surface area (Å²) in [6.45, 7) is -0.00197. The van der Waals surface area contributed by atoms with E-state index in [-0.39, 0.29) is 36.0 Å². The molecule has 1 fully saturated rings. The number of amides is 1. The summed E-state index contributed by atoms with van der Waals surface area (Å²) in [6.07, 6.45) is 1.64. The molecule has 180 valence electrons. The van der Waals surface area contributed by atoms with E-state index in [0.29, 0.717) is 18.6 Å². The van der Waals surface area contributed by atoms with Gasteiger partial charge in [-0.25, -0.2) is 8.42 Å². The van der Waals surface area contributed by atoms with Crippen LogP contribution in [-0.4, -0.2) is 67.8 Å². The highest BCUT2D eigenvalue weighted by Crippen LogP contribution is 2.27. The molecule has 34 heavy (non-hydrogen) atoms. The minimum Gasteiger partial charge on any atom is -0.433 e. The minimum absolute atomic E-state index is 0.00794. The van der Waals surface area contributed by atoms with E-state index in [4.69, 9.17) is 0 Å². The lowest BCUT2D eigenvalue weighted by molar-refractivity contribution is -0.117. The van der Waals surface area contributed by atoms with Gasteiger partial charge >= 0.3 is 6.61 Å². The quantitative estimate of drug-likeness (QED) is 0.547. The van der Waals surface area contributed by atoms with Crippen molar-refractivity contribution in [3.05, 3.63) is 60.3 Å². The third-order valence-corrected chi connectivity index (χ3v) is 7.43. The van der Waals surface area contributed by atoms with Gasteiger partial charge in [0.15, 0.2) is 0 Å². The molecule has 0 spiro atoms. The maximum Gasteiger partial charge on any atom is 0.387 e. The molecular formula is C23H24F2N4O4S. The van der Waals surface area contributed by atoms with Crippen molar-refractivity contribution < 1.29 is 26.7 Å². The summed E-state index contributed by atoms with van der Waals surface area (Å²) in [5.74, 6) is -0.532. The highest BCUT2D eigenvalue weighted by Gasteiger charge is 2.30. The first-order chi connectivity index (χ1) is 16.2. The predicted molar refractivity (Wildman–Crippen MR) is 123 cm³/mol. The first-order valence-electron chi connectivity index (χ1n) is 10.7. The number of benzene rings is 2. The summed E-state index contributed by atoms with van der Waals surface area (Å²) < 4.78 is 57.5. The maximum absolute atomic E-state index is 13.3. The van der Waals surface area contributed by atoms with Crippen LogP contribution in [0.25, 0.3) is 10.9 Å². The van der Waals surface area contributed by atoms with Crippen LogP contribution in [0.3, 0.4) is 0 Å². The normalized spacial score (nSPS) is 15.5. The molecule has 1 aliphatic heterocycles. The molecule has 1 saturated heterocycles. The molecule has 0 unspecified atom stereocenters. The fourth-order valence-electron chi connectivity index (χ4n) is 3.88. The van der Waals surface area contributed by atoms with Crippen molar-refractivity contribution >= 4 is 32.5 Å². The van der Waals surface area contributed by atoms with Gasteiger partial charge in [-0.3, -0.25) is 14.7 Å². The molecule has 8 nitrogen and oxygen atoms in total. The number of para-hydroxylation sites is 3. The number of rotatable bonds is 7. The van der Waals surface area contributed by atoms with Gasteiger partial charge in [0.1, 0.15) is 10.6 Å². The Kier molecular flexibility index (Phi) is 7.05. The number of anilines is 1. The number of hydrogen-bond acceptors (Lipinski definition) is 6. The fourth-order valence-corrected chi connectivity index (χ4v) is 5.47. The Bertz CT molecular complexity index is 1300. The number of carbonyl (C=O) groups excluding carboxylic acids is 1. The van der Waals surface area contributed by atoms with Gasteiger partial charge in [0, 0.05) is 37.8 Å². The molecule has 4 rings (SSSR count). The second-order valence-corrected chi connectivity index (χ2v) is 9.85. The van der Waals surface area contributed by atoms with Crippen LogP contribution < -0.4 is 10.1 Å². The molecular weight excluding hydrogens is 466 g/mol. The average molecular weight is 491 g/mol. The summed E-state index contributed by atoms with van der Waals surface area (Å²) in [4.78, 5) is 18.8. The zero-order valence-corrected chi connectivity index (χ0v) is 19.3. The van der Waals surface area contributed by atoms with Crippen LogP contribution in [-0.2, 0) is 14.8 Å². The van der Waals surface area contributed by atoms with Crippen LogP contribution in [0.15, 0.2) is 59.6 Å². The molecule has 1 N–H and O–H groups in total. The van der Waals surface area contributed by atoms with E-state index < -0.39 is 22.5 Å². The number of alkyl halides is 2. The van der Waals surface area contributed by atoms with Gasteiger partial charge in [-0.05, 0) is 36.8 Å². The Morgan fingerprint density at radius 2 is 1.85 bits per heavy atom. The van der Waals surface area contributed by atoms with E-state index in [1.54, 1.807) is 24.4 Å². The number of nitrogens with one attached hydrogen (secondary N) is 1. The predicted octanol–water partition coefficient (Wildman–Crippen LogP) is 3.09. The van der Waals surface area contributed by atoms with Crippen molar-refractivity contribution in [2.24, 2.45) is 0 Å².